The van der Waals surface area contributed by atoms with Gasteiger partial charge in [0.2, 0.25) is 0 Å². The van der Waals surface area contributed by atoms with E-state index in [0.29, 0.717) is 23.3 Å². The Morgan fingerprint density at radius 1 is 0.958 bits per heavy atom. The molecule has 2 unspecified atom stereocenters. The second-order valence-corrected chi connectivity index (χ2v) is 9.58. The third-order valence-electron chi connectivity index (χ3n) is 5.88. The zero-order valence-corrected chi connectivity index (χ0v) is 17.9. The van der Waals surface area contributed by atoms with E-state index < -0.39 is 0 Å². The summed E-state index contributed by atoms with van der Waals surface area (Å²) < 4.78 is 1.87. The first-order valence-electron chi connectivity index (χ1n) is 8.92. The molecule has 0 saturated heterocycles. The van der Waals surface area contributed by atoms with Gasteiger partial charge in [0.25, 0.3) is 0 Å². The highest BCUT2D eigenvalue weighted by atomic mass is 127. The first-order valence-corrected chi connectivity index (χ1v) is 11.1. The summed E-state index contributed by atoms with van der Waals surface area (Å²) in [6, 6.07) is 2.15. The van der Waals surface area contributed by atoms with Crippen LogP contribution in [0.15, 0.2) is 21.5 Å². The van der Waals surface area contributed by atoms with E-state index in [9.17, 15) is 10.2 Å². The fraction of sp³-hybridized carbons (Fsp3) is 0.500. The number of aryl methyl sites for hydroxylation is 1. The summed E-state index contributed by atoms with van der Waals surface area (Å²) in [5.41, 5.74) is 4.65. The lowest BCUT2D eigenvalue weighted by molar-refractivity contribution is 0.325. The van der Waals surface area contributed by atoms with Crippen molar-refractivity contribution in [2.45, 2.75) is 51.4 Å². The molecule has 0 bridgehead atoms. The number of aromatic hydroxyl groups is 1. The molecule has 0 aromatic heterocycles. The van der Waals surface area contributed by atoms with E-state index >= 15 is 0 Å². The predicted octanol–water partition coefficient (Wildman–Crippen LogP) is 6.28. The maximum atomic E-state index is 10.9. The minimum absolute atomic E-state index is 0.354. The van der Waals surface area contributed by atoms with Crippen molar-refractivity contribution in [1.82, 2.24) is 0 Å². The summed E-state index contributed by atoms with van der Waals surface area (Å²) in [5, 5.41) is 21.9. The number of hydrogen-bond donors (Lipinski definition) is 2. The molecule has 4 rings (SSSR count). The lowest BCUT2D eigenvalue weighted by Gasteiger charge is -2.37. The van der Waals surface area contributed by atoms with Crippen molar-refractivity contribution in [3.05, 3.63) is 41.7 Å². The molecule has 1 saturated carbocycles. The Morgan fingerprint density at radius 3 is 2.54 bits per heavy atom. The van der Waals surface area contributed by atoms with Crippen LogP contribution < -0.4 is 0 Å². The van der Waals surface area contributed by atoms with E-state index in [1.54, 1.807) is 0 Å². The Kier molecular flexibility index (Phi) is 4.88. The molecule has 0 spiro atoms. The zero-order chi connectivity index (χ0) is 16.8. The van der Waals surface area contributed by atoms with Gasteiger partial charge in [-0.15, -0.1) is 0 Å². The van der Waals surface area contributed by atoms with Crippen LogP contribution in [0, 0.1) is 15.4 Å². The SMILES string of the molecule is OC1=C(c2c(O)c(I)cc3c2CCCC3)C2CCCCC2C=C1I. The van der Waals surface area contributed by atoms with Crippen LogP contribution in [0.2, 0.25) is 0 Å². The van der Waals surface area contributed by atoms with Gasteiger partial charge in [-0.3, -0.25) is 0 Å². The molecular formula is C20H22I2O2. The second-order valence-electron chi connectivity index (χ2n) is 7.26. The highest BCUT2D eigenvalue weighted by Crippen LogP contribution is 2.51. The highest BCUT2D eigenvalue weighted by Gasteiger charge is 2.37. The summed E-state index contributed by atoms with van der Waals surface area (Å²) in [6.45, 7) is 0. The van der Waals surface area contributed by atoms with Crippen LogP contribution in [0.25, 0.3) is 5.57 Å². The molecule has 2 atom stereocenters. The number of aliphatic hydroxyl groups excluding tert-OH is 1. The quantitative estimate of drug-likeness (QED) is 0.406. The van der Waals surface area contributed by atoms with E-state index in [1.807, 2.05) is 0 Å². The molecule has 0 aliphatic heterocycles. The molecule has 4 heteroatoms. The first-order chi connectivity index (χ1) is 11.6. The standard InChI is InChI=1S/C20H22I2O2/c21-15-9-11-5-1-3-7-13(11)17(19(15)23)18-14-8-4-2-6-12(14)10-16(22)20(18)24/h9-11,13,23-24H,1-8H2. The van der Waals surface area contributed by atoms with Gasteiger partial charge in [0.15, 0.2) is 0 Å². The minimum Gasteiger partial charge on any atom is -0.507 e. The van der Waals surface area contributed by atoms with Gasteiger partial charge in [-0.2, -0.15) is 0 Å². The molecule has 1 aromatic rings. The molecular weight excluding hydrogens is 526 g/mol. The van der Waals surface area contributed by atoms with Gasteiger partial charge >= 0.3 is 0 Å². The van der Waals surface area contributed by atoms with Gasteiger partial charge in [0, 0.05) is 11.1 Å². The number of aliphatic hydroxyl groups is 1. The van der Waals surface area contributed by atoms with Crippen LogP contribution in [-0.4, -0.2) is 10.2 Å². The van der Waals surface area contributed by atoms with Gasteiger partial charge in [0.05, 0.1) is 7.15 Å². The number of phenolic OH excluding ortho intramolecular Hbond substituents is 1. The Bertz CT molecular complexity index is 748. The van der Waals surface area contributed by atoms with Crippen molar-refractivity contribution in [3.8, 4) is 5.75 Å². The van der Waals surface area contributed by atoms with Gasteiger partial charge < -0.3 is 10.2 Å². The number of benzene rings is 1. The largest absolute Gasteiger partial charge is 0.507 e. The van der Waals surface area contributed by atoms with Gasteiger partial charge in [-0.25, -0.2) is 0 Å². The predicted molar refractivity (Wildman–Crippen MR) is 115 cm³/mol. The van der Waals surface area contributed by atoms with Crippen molar-refractivity contribution >= 4 is 50.8 Å². The van der Waals surface area contributed by atoms with Crippen LogP contribution in [0.3, 0.4) is 0 Å². The number of fused-ring (bicyclic) bond motifs is 2. The van der Waals surface area contributed by atoms with Crippen molar-refractivity contribution < 1.29 is 10.2 Å². The number of hydrogen-bond acceptors (Lipinski definition) is 2. The average Bonchev–Trinajstić information content (AvgIpc) is 2.58. The molecule has 0 amide bonds. The van der Waals surface area contributed by atoms with Crippen molar-refractivity contribution in [2.75, 3.05) is 0 Å². The molecule has 0 heterocycles. The number of halogens is 2. The van der Waals surface area contributed by atoms with Crippen LogP contribution >= 0.6 is 45.2 Å². The molecule has 3 aliphatic rings. The van der Waals surface area contributed by atoms with E-state index in [-0.39, 0.29) is 0 Å². The molecule has 24 heavy (non-hydrogen) atoms. The van der Waals surface area contributed by atoms with E-state index in [1.165, 1.54) is 43.2 Å². The summed E-state index contributed by atoms with van der Waals surface area (Å²) in [6.07, 6.45) is 11.6. The van der Waals surface area contributed by atoms with Crippen molar-refractivity contribution in [2.24, 2.45) is 11.8 Å². The van der Waals surface area contributed by atoms with Crippen molar-refractivity contribution in [3.63, 3.8) is 0 Å². The van der Waals surface area contributed by atoms with Gasteiger partial charge in [-0.1, -0.05) is 18.9 Å². The minimum atomic E-state index is 0.354. The van der Waals surface area contributed by atoms with Gasteiger partial charge in [0.1, 0.15) is 11.5 Å². The normalized spacial score (nSPS) is 26.7. The maximum absolute atomic E-state index is 10.9. The number of allylic oxidation sites excluding steroid dienone is 3. The van der Waals surface area contributed by atoms with E-state index in [2.05, 4.69) is 57.3 Å². The Morgan fingerprint density at radius 2 is 1.71 bits per heavy atom. The number of rotatable bonds is 1. The molecule has 2 N–H and O–H groups in total. The molecule has 128 valence electrons. The lowest BCUT2D eigenvalue weighted by atomic mass is 9.69. The zero-order valence-electron chi connectivity index (χ0n) is 13.6. The van der Waals surface area contributed by atoms with Gasteiger partial charge in [-0.05, 0) is 113 Å². The summed E-state index contributed by atoms with van der Waals surface area (Å²) in [7, 11) is 0. The summed E-state index contributed by atoms with van der Waals surface area (Å²) in [5.74, 6) is 1.65. The first kappa shape index (κ1) is 17.2. The number of phenols is 1. The fourth-order valence-electron chi connectivity index (χ4n) is 4.74. The Labute approximate surface area is 170 Å². The molecule has 1 aromatic carbocycles. The van der Waals surface area contributed by atoms with Crippen LogP contribution in [0.5, 0.6) is 5.75 Å². The third kappa shape index (κ3) is 2.81. The smallest absolute Gasteiger partial charge is 0.136 e. The third-order valence-corrected chi connectivity index (χ3v) is 7.57. The summed E-state index contributed by atoms with van der Waals surface area (Å²) >= 11 is 4.50. The van der Waals surface area contributed by atoms with Crippen LogP contribution in [-0.2, 0) is 12.8 Å². The fourth-order valence-corrected chi connectivity index (χ4v) is 6.14. The summed E-state index contributed by atoms with van der Waals surface area (Å²) in [4.78, 5) is 0. The molecule has 2 nitrogen and oxygen atoms in total. The average molecular weight is 548 g/mol. The maximum Gasteiger partial charge on any atom is 0.136 e. The highest BCUT2D eigenvalue weighted by molar-refractivity contribution is 14.1. The monoisotopic (exact) mass is 548 g/mol. The molecule has 1 fully saturated rings. The Balaban J connectivity index is 1.95. The molecule has 3 aliphatic carbocycles. The Hall–Kier alpha value is -0.240. The lowest BCUT2D eigenvalue weighted by Crippen LogP contribution is -2.25. The van der Waals surface area contributed by atoms with Crippen molar-refractivity contribution in [1.29, 1.82) is 0 Å². The van der Waals surface area contributed by atoms with E-state index in [0.717, 1.165) is 37.5 Å². The van der Waals surface area contributed by atoms with E-state index in [4.69, 9.17) is 0 Å². The van der Waals surface area contributed by atoms with Crippen LogP contribution in [0.1, 0.15) is 55.2 Å². The topological polar surface area (TPSA) is 40.5 Å². The van der Waals surface area contributed by atoms with Crippen LogP contribution in [0.4, 0.5) is 0 Å². The second kappa shape index (κ2) is 6.82. The molecule has 0 radical (unpaired) electrons.